The summed E-state index contributed by atoms with van der Waals surface area (Å²) < 4.78 is 5.62. The van der Waals surface area contributed by atoms with Crippen LogP contribution in [0.15, 0.2) is 53.7 Å². The number of aromatic nitrogens is 2. The molecule has 1 atom stereocenters. The van der Waals surface area contributed by atoms with Crippen LogP contribution in [0.4, 0.5) is 0 Å². The maximum absolute atomic E-state index is 5.62. The zero-order valence-electron chi connectivity index (χ0n) is 10.7. The van der Waals surface area contributed by atoms with Crippen LogP contribution in [0.5, 0.6) is 0 Å². The van der Waals surface area contributed by atoms with Gasteiger partial charge in [0.25, 0.3) is 0 Å². The standard InChI is InChI=1S/C15H15N3O/c1-2-18-15(11-7-16-10-17-8-11)13-9-19-14-6-4-3-5-12(13)14/h3-10,15,18H,2H2,1H3. The number of nitrogens with zero attached hydrogens (tertiary/aromatic N) is 2. The Balaban J connectivity index is 2.10. The Kier molecular flexibility index (Phi) is 3.25. The summed E-state index contributed by atoms with van der Waals surface area (Å²) in [6.45, 7) is 2.94. The van der Waals surface area contributed by atoms with Crippen LogP contribution >= 0.6 is 0 Å². The molecule has 2 aromatic heterocycles. The Labute approximate surface area is 111 Å². The first-order valence-corrected chi connectivity index (χ1v) is 6.34. The van der Waals surface area contributed by atoms with E-state index in [9.17, 15) is 0 Å². The lowest BCUT2D eigenvalue weighted by Crippen LogP contribution is -2.22. The molecule has 0 aliphatic carbocycles. The van der Waals surface area contributed by atoms with E-state index in [1.165, 1.54) is 0 Å². The summed E-state index contributed by atoms with van der Waals surface area (Å²) >= 11 is 0. The first-order valence-electron chi connectivity index (χ1n) is 6.34. The molecule has 0 amide bonds. The third kappa shape index (κ3) is 2.22. The minimum atomic E-state index is 0.0508. The van der Waals surface area contributed by atoms with Gasteiger partial charge < -0.3 is 9.73 Å². The van der Waals surface area contributed by atoms with E-state index in [1.54, 1.807) is 6.33 Å². The van der Waals surface area contributed by atoms with Crippen LogP contribution in [0.25, 0.3) is 11.0 Å². The topological polar surface area (TPSA) is 51.0 Å². The third-order valence-electron chi connectivity index (χ3n) is 3.14. The number of nitrogens with one attached hydrogen (secondary N) is 1. The van der Waals surface area contributed by atoms with E-state index in [0.717, 1.165) is 28.6 Å². The van der Waals surface area contributed by atoms with Crippen molar-refractivity contribution < 1.29 is 4.42 Å². The lowest BCUT2D eigenvalue weighted by molar-refractivity contribution is 0.583. The quantitative estimate of drug-likeness (QED) is 0.776. The molecule has 0 bridgehead atoms. The second kappa shape index (κ2) is 5.20. The van der Waals surface area contributed by atoms with Gasteiger partial charge in [-0.25, -0.2) is 9.97 Å². The first kappa shape index (κ1) is 11.9. The minimum Gasteiger partial charge on any atom is -0.464 e. The molecule has 0 fully saturated rings. The van der Waals surface area contributed by atoms with Gasteiger partial charge in [-0.1, -0.05) is 25.1 Å². The van der Waals surface area contributed by atoms with Crippen LogP contribution in [-0.4, -0.2) is 16.5 Å². The second-order valence-corrected chi connectivity index (χ2v) is 4.35. The monoisotopic (exact) mass is 253 g/mol. The SMILES string of the molecule is CCNC(c1cncnc1)c1coc2ccccc12. The molecule has 96 valence electrons. The summed E-state index contributed by atoms with van der Waals surface area (Å²) in [5.74, 6) is 0. The van der Waals surface area contributed by atoms with E-state index in [2.05, 4.69) is 28.3 Å². The van der Waals surface area contributed by atoms with Gasteiger partial charge in [-0.3, -0.25) is 0 Å². The maximum Gasteiger partial charge on any atom is 0.134 e. The number of rotatable bonds is 4. The van der Waals surface area contributed by atoms with E-state index in [1.807, 2.05) is 36.9 Å². The van der Waals surface area contributed by atoms with Crippen molar-refractivity contribution in [1.82, 2.24) is 15.3 Å². The number of furan rings is 1. The summed E-state index contributed by atoms with van der Waals surface area (Å²) in [7, 11) is 0. The van der Waals surface area contributed by atoms with E-state index in [-0.39, 0.29) is 6.04 Å². The van der Waals surface area contributed by atoms with E-state index in [0.29, 0.717) is 0 Å². The molecule has 0 spiro atoms. The van der Waals surface area contributed by atoms with E-state index < -0.39 is 0 Å². The molecule has 0 aliphatic heterocycles. The molecule has 0 radical (unpaired) electrons. The lowest BCUT2D eigenvalue weighted by Gasteiger charge is -2.16. The minimum absolute atomic E-state index is 0.0508. The van der Waals surface area contributed by atoms with Crippen molar-refractivity contribution in [2.75, 3.05) is 6.54 Å². The zero-order chi connectivity index (χ0) is 13.1. The van der Waals surface area contributed by atoms with Gasteiger partial charge in [-0.2, -0.15) is 0 Å². The molecule has 1 aromatic carbocycles. The smallest absolute Gasteiger partial charge is 0.134 e. The number of hydrogen-bond donors (Lipinski definition) is 1. The fraction of sp³-hybridized carbons (Fsp3) is 0.200. The zero-order valence-corrected chi connectivity index (χ0v) is 10.7. The van der Waals surface area contributed by atoms with Gasteiger partial charge >= 0.3 is 0 Å². The lowest BCUT2D eigenvalue weighted by atomic mass is 10.0. The fourth-order valence-corrected chi connectivity index (χ4v) is 2.29. The molecule has 0 saturated heterocycles. The number of fused-ring (bicyclic) bond motifs is 1. The van der Waals surface area contributed by atoms with Gasteiger partial charge in [-0.15, -0.1) is 0 Å². The van der Waals surface area contributed by atoms with Crippen LogP contribution in [0, 0.1) is 0 Å². The Morgan fingerprint density at radius 3 is 2.79 bits per heavy atom. The Bertz CT molecular complexity index is 663. The van der Waals surface area contributed by atoms with Gasteiger partial charge in [0.1, 0.15) is 11.9 Å². The fourth-order valence-electron chi connectivity index (χ4n) is 2.29. The van der Waals surface area contributed by atoms with Crippen LogP contribution in [0.3, 0.4) is 0 Å². The highest BCUT2D eigenvalue weighted by Gasteiger charge is 2.18. The van der Waals surface area contributed by atoms with Crippen molar-refractivity contribution in [3.05, 3.63) is 60.4 Å². The van der Waals surface area contributed by atoms with Crippen molar-refractivity contribution in [2.45, 2.75) is 13.0 Å². The van der Waals surface area contributed by atoms with Crippen molar-refractivity contribution in [2.24, 2.45) is 0 Å². The largest absolute Gasteiger partial charge is 0.464 e. The molecule has 4 nitrogen and oxygen atoms in total. The van der Waals surface area contributed by atoms with Crippen LogP contribution in [0.1, 0.15) is 24.1 Å². The Morgan fingerprint density at radius 1 is 1.21 bits per heavy atom. The predicted molar refractivity (Wildman–Crippen MR) is 73.8 cm³/mol. The molecule has 3 aromatic rings. The number of hydrogen-bond acceptors (Lipinski definition) is 4. The van der Waals surface area contributed by atoms with Crippen LogP contribution < -0.4 is 5.32 Å². The molecular weight excluding hydrogens is 238 g/mol. The predicted octanol–water partition coefficient (Wildman–Crippen LogP) is 2.92. The van der Waals surface area contributed by atoms with E-state index >= 15 is 0 Å². The molecule has 19 heavy (non-hydrogen) atoms. The molecule has 4 heteroatoms. The molecule has 3 rings (SSSR count). The number of benzene rings is 1. The molecule has 0 aliphatic rings. The summed E-state index contributed by atoms with van der Waals surface area (Å²) in [5, 5.41) is 4.58. The average molecular weight is 253 g/mol. The highest BCUT2D eigenvalue weighted by molar-refractivity contribution is 5.81. The van der Waals surface area contributed by atoms with Crippen molar-refractivity contribution >= 4 is 11.0 Å². The van der Waals surface area contributed by atoms with Gasteiger partial charge in [0.2, 0.25) is 0 Å². The molecule has 1 N–H and O–H groups in total. The highest BCUT2D eigenvalue weighted by Crippen LogP contribution is 2.29. The van der Waals surface area contributed by atoms with E-state index in [4.69, 9.17) is 4.42 Å². The molecule has 2 heterocycles. The van der Waals surface area contributed by atoms with Gasteiger partial charge in [0.15, 0.2) is 0 Å². The van der Waals surface area contributed by atoms with Gasteiger partial charge in [0.05, 0.1) is 12.3 Å². The summed E-state index contributed by atoms with van der Waals surface area (Å²) in [6.07, 6.45) is 7.02. The summed E-state index contributed by atoms with van der Waals surface area (Å²) in [4.78, 5) is 8.19. The van der Waals surface area contributed by atoms with Crippen molar-refractivity contribution in [3.8, 4) is 0 Å². The van der Waals surface area contributed by atoms with Gasteiger partial charge in [0, 0.05) is 28.9 Å². The normalized spacial score (nSPS) is 12.7. The Hall–Kier alpha value is -2.20. The average Bonchev–Trinajstić information content (AvgIpc) is 2.89. The second-order valence-electron chi connectivity index (χ2n) is 4.35. The first-order chi connectivity index (χ1) is 9.40. The third-order valence-corrected chi connectivity index (χ3v) is 3.14. The molecular formula is C15H15N3O. The highest BCUT2D eigenvalue weighted by atomic mass is 16.3. The van der Waals surface area contributed by atoms with Crippen LogP contribution in [-0.2, 0) is 0 Å². The maximum atomic E-state index is 5.62. The Morgan fingerprint density at radius 2 is 2.00 bits per heavy atom. The number of para-hydroxylation sites is 1. The van der Waals surface area contributed by atoms with Crippen molar-refractivity contribution in [3.63, 3.8) is 0 Å². The van der Waals surface area contributed by atoms with Crippen LogP contribution in [0.2, 0.25) is 0 Å². The summed E-state index contributed by atoms with van der Waals surface area (Å²) in [6, 6.07) is 8.09. The van der Waals surface area contributed by atoms with Gasteiger partial charge in [-0.05, 0) is 12.6 Å². The molecule has 0 saturated carbocycles. The van der Waals surface area contributed by atoms with Crippen molar-refractivity contribution in [1.29, 1.82) is 0 Å². The molecule has 1 unspecified atom stereocenters. The summed E-state index contributed by atoms with van der Waals surface area (Å²) in [5.41, 5.74) is 3.06.